The van der Waals surface area contributed by atoms with Crippen molar-refractivity contribution in [3.8, 4) is 0 Å². The number of furan rings is 1. The molecule has 5 atom stereocenters. The maximum atomic E-state index is 13.4. The Morgan fingerprint density at radius 1 is 0.868 bits per heavy atom. The summed E-state index contributed by atoms with van der Waals surface area (Å²) in [7, 11) is 0. The zero-order valence-corrected chi connectivity index (χ0v) is 30.3. The first-order chi connectivity index (χ1) is 25.0. The van der Waals surface area contributed by atoms with E-state index in [0.29, 0.717) is 12.0 Å². The Bertz CT molecular complexity index is 1590. The number of nitrogens with one attached hydrogen (secondary N) is 5. The third-order valence-electron chi connectivity index (χ3n) is 8.13. The zero-order valence-electron chi connectivity index (χ0n) is 30.3. The van der Waals surface area contributed by atoms with Gasteiger partial charge in [0, 0.05) is 25.1 Å². The van der Waals surface area contributed by atoms with Crippen LogP contribution in [0.3, 0.4) is 0 Å². The lowest BCUT2D eigenvalue weighted by molar-refractivity contribution is -0.384. The summed E-state index contributed by atoms with van der Waals surface area (Å²) in [6.07, 6.45) is 2.26. The van der Waals surface area contributed by atoms with Crippen LogP contribution in [0.4, 0.5) is 5.69 Å². The third kappa shape index (κ3) is 15.0. The molecule has 1 aromatic carbocycles. The molecule has 0 aliphatic rings. The Kier molecular flexibility index (Phi) is 17.4. The van der Waals surface area contributed by atoms with Crippen LogP contribution in [0.1, 0.15) is 69.5 Å². The summed E-state index contributed by atoms with van der Waals surface area (Å²) in [5.41, 5.74) is 16.6. The summed E-state index contributed by atoms with van der Waals surface area (Å²) in [5, 5.41) is 23.9. The van der Waals surface area contributed by atoms with Crippen molar-refractivity contribution in [1.82, 2.24) is 26.6 Å². The number of nitro groups is 1. The molecule has 0 saturated carbocycles. The van der Waals surface area contributed by atoms with E-state index >= 15 is 0 Å². The Balaban J connectivity index is 2.13. The molecular formula is C34H50N10O9. The Labute approximate surface area is 306 Å². The second-order valence-electron chi connectivity index (χ2n) is 12.9. The second kappa shape index (κ2) is 21.4. The van der Waals surface area contributed by atoms with E-state index < -0.39 is 71.1 Å². The van der Waals surface area contributed by atoms with Crippen LogP contribution in [-0.2, 0) is 30.4 Å². The van der Waals surface area contributed by atoms with E-state index in [1.807, 2.05) is 20.8 Å². The van der Waals surface area contributed by atoms with Crippen molar-refractivity contribution in [2.75, 3.05) is 13.1 Å². The lowest BCUT2D eigenvalue weighted by Gasteiger charge is -2.27. The van der Waals surface area contributed by atoms with Gasteiger partial charge in [-0.05, 0) is 48.8 Å². The number of nitrogens with two attached hydrogens (primary N) is 3. The molecule has 0 saturated heterocycles. The van der Waals surface area contributed by atoms with Crippen LogP contribution < -0.4 is 43.8 Å². The molecule has 53 heavy (non-hydrogen) atoms. The minimum atomic E-state index is -1.23. The summed E-state index contributed by atoms with van der Waals surface area (Å²) >= 11 is 0. The van der Waals surface area contributed by atoms with Gasteiger partial charge in [-0.2, -0.15) is 0 Å². The van der Waals surface area contributed by atoms with E-state index in [4.69, 9.17) is 21.6 Å². The number of carbonyl (C=O) groups is 6. The van der Waals surface area contributed by atoms with Crippen molar-refractivity contribution in [1.29, 1.82) is 0 Å². The first kappa shape index (κ1) is 43.2. The van der Waals surface area contributed by atoms with Gasteiger partial charge < -0.3 is 48.2 Å². The number of benzene rings is 1. The number of non-ortho nitro benzene ring substituents is 1. The fraction of sp³-hybridized carbons (Fsp3) is 0.500. The second-order valence-corrected chi connectivity index (χ2v) is 12.9. The first-order valence-electron chi connectivity index (χ1n) is 17.1. The van der Waals surface area contributed by atoms with Gasteiger partial charge in [-0.1, -0.05) is 46.2 Å². The molecule has 11 N–H and O–H groups in total. The largest absolute Gasteiger partial charge is 0.459 e. The number of nitrogens with zero attached hydrogens (tertiary/aromatic N) is 2. The predicted octanol–water partition coefficient (Wildman–Crippen LogP) is -0.269. The maximum Gasteiger partial charge on any atom is 0.287 e. The number of hydrogen-bond acceptors (Lipinski definition) is 10. The van der Waals surface area contributed by atoms with Gasteiger partial charge in [0.05, 0.1) is 17.7 Å². The molecule has 0 fully saturated rings. The van der Waals surface area contributed by atoms with Crippen molar-refractivity contribution in [3.63, 3.8) is 0 Å². The minimum Gasteiger partial charge on any atom is -0.459 e. The van der Waals surface area contributed by atoms with Gasteiger partial charge in [0.25, 0.3) is 11.6 Å². The van der Waals surface area contributed by atoms with E-state index in [-0.39, 0.29) is 61.5 Å². The first-order valence-corrected chi connectivity index (χ1v) is 17.1. The van der Waals surface area contributed by atoms with E-state index in [0.717, 1.165) is 0 Å². The molecule has 0 spiro atoms. The average molecular weight is 743 g/mol. The normalized spacial score (nSPS) is 13.7. The molecule has 2 rings (SSSR count). The van der Waals surface area contributed by atoms with E-state index in [1.165, 1.54) is 42.7 Å². The van der Waals surface area contributed by atoms with E-state index in [9.17, 15) is 38.9 Å². The van der Waals surface area contributed by atoms with Gasteiger partial charge in [0.2, 0.25) is 29.5 Å². The highest BCUT2D eigenvalue weighted by molar-refractivity contribution is 5.97. The monoisotopic (exact) mass is 742 g/mol. The molecule has 2 aromatic rings. The quantitative estimate of drug-likeness (QED) is 0.0255. The Hall–Kier alpha value is -6.01. The highest BCUT2D eigenvalue weighted by Crippen LogP contribution is 2.14. The summed E-state index contributed by atoms with van der Waals surface area (Å²) in [4.78, 5) is 92.4. The number of guanidine groups is 1. The number of hydrogen-bond donors (Lipinski definition) is 8. The molecule has 290 valence electrons. The summed E-state index contributed by atoms with van der Waals surface area (Å²) < 4.78 is 5.13. The average Bonchev–Trinajstić information content (AvgIpc) is 3.65. The van der Waals surface area contributed by atoms with Crippen LogP contribution in [0.2, 0.25) is 0 Å². The number of carbonyl (C=O) groups excluding carboxylic acids is 6. The van der Waals surface area contributed by atoms with Crippen LogP contribution in [0.5, 0.6) is 0 Å². The molecule has 0 radical (unpaired) electrons. The molecule has 0 aliphatic carbocycles. The lowest BCUT2D eigenvalue weighted by atomic mass is 9.96. The molecule has 0 bridgehead atoms. The van der Waals surface area contributed by atoms with Crippen LogP contribution in [0.15, 0.2) is 52.1 Å². The number of rotatable bonds is 22. The van der Waals surface area contributed by atoms with Crippen molar-refractivity contribution >= 4 is 47.1 Å². The third-order valence-corrected chi connectivity index (χ3v) is 8.13. The predicted molar refractivity (Wildman–Crippen MR) is 194 cm³/mol. The molecule has 6 amide bonds. The fourth-order valence-electron chi connectivity index (χ4n) is 5.08. The number of amides is 6. The summed E-state index contributed by atoms with van der Waals surface area (Å²) in [6.45, 7) is 6.85. The van der Waals surface area contributed by atoms with Crippen molar-refractivity contribution < 1.29 is 38.1 Å². The summed E-state index contributed by atoms with van der Waals surface area (Å²) in [6, 6.07) is 3.82. The van der Waals surface area contributed by atoms with Crippen molar-refractivity contribution in [2.24, 2.45) is 34.0 Å². The smallest absolute Gasteiger partial charge is 0.287 e. The number of aliphatic imine (C=N–C) groups is 1. The minimum absolute atomic E-state index is 0.00685. The molecule has 0 unspecified atom stereocenters. The maximum absolute atomic E-state index is 13.4. The van der Waals surface area contributed by atoms with Gasteiger partial charge >= 0.3 is 0 Å². The molecule has 0 aliphatic heterocycles. The molecule has 1 heterocycles. The van der Waals surface area contributed by atoms with Crippen LogP contribution in [0, 0.1) is 22.0 Å². The number of primary amides is 1. The highest BCUT2D eigenvalue weighted by atomic mass is 16.6. The van der Waals surface area contributed by atoms with Crippen LogP contribution in [-0.4, -0.2) is 83.6 Å². The molecular weight excluding hydrogens is 692 g/mol. The van der Waals surface area contributed by atoms with E-state index in [2.05, 4.69) is 31.6 Å². The molecule has 19 heteroatoms. The van der Waals surface area contributed by atoms with Gasteiger partial charge in [0.15, 0.2) is 11.7 Å². The van der Waals surface area contributed by atoms with Crippen molar-refractivity contribution in [3.05, 3.63) is 64.1 Å². The van der Waals surface area contributed by atoms with Crippen LogP contribution >= 0.6 is 0 Å². The summed E-state index contributed by atoms with van der Waals surface area (Å²) in [5.74, 6) is -4.80. The van der Waals surface area contributed by atoms with Gasteiger partial charge in [-0.15, -0.1) is 0 Å². The topological polar surface area (TPSA) is 309 Å². The van der Waals surface area contributed by atoms with Gasteiger partial charge in [-0.25, -0.2) is 0 Å². The molecule has 1 aromatic heterocycles. The highest BCUT2D eigenvalue weighted by Gasteiger charge is 2.32. The molecule has 19 nitrogen and oxygen atoms in total. The van der Waals surface area contributed by atoms with E-state index in [1.54, 1.807) is 6.92 Å². The van der Waals surface area contributed by atoms with Crippen LogP contribution in [0.25, 0.3) is 0 Å². The lowest BCUT2D eigenvalue weighted by Crippen LogP contribution is -2.57. The number of nitro benzene ring substituents is 1. The van der Waals surface area contributed by atoms with Gasteiger partial charge in [0.1, 0.15) is 24.2 Å². The Morgan fingerprint density at radius 3 is 2.08 bits per heavy atom. The van der Waals surface area contributed by atoms with Gasteiger partial charge in [-0.3, -0.25) is 43.9 Å². The SMILES string of the molecule is CC[C@H](C)[C@H](NC(=O)[C@H](CC(C)C)NC(=O)c1ccco1)C(=O)NCC(=O)N[C@@H](CCCN=C(N)N)C(=O)N[C@@H](Cc1ccc([N+](=O)[O-])cc1)C(N)=O. The standard InChI is InChI=1S/C34H50N10O9/c1-5-20(4)28(43-31(48)25(16-19(2)3)42-32(49)26-9-7-15-53-26)33(50)39-18-27(45)40-23(8-6-14-38-34(36)37)30(47)41-24(29(35)46)17-21-10-12-22(13-11-21)44(51)52/h7,9-13,15,19-20,23-25,28H,5-6,8,14,16-18H2,1-4H3,(H2,35,46)(H,39,50)(H,40,45)(H,41,47)(H,42,49)(H,43,48)(H4,36,37,38)/t20-,23-,24-,25-,28-/m0/s1. The Morgan fingerprint density at radius 2 is 1.53 bits per heavy atom. The van der Waals surface area contributed by atoms with Crippen molar-refractivity contribution in [2.45, 2.75) is 84.0 Å². The fourth-order valence-corrected chi connectivity index (χ4v) is 5.08. The zero-order chi connectivity index (χ0) is 39.7.